The van der Waals surface area contributed by atoms with Crippen LogP contribution < -0.4 is 5.32 Å². The molecule has 0 saturated carbocycles. The van der Waals surface area contributed by atoms with Crippen LogP contribution in [0.15, 0.2) is 18.6 Å². The molecule has 1 aliphatic carbocycles. The highest BCUT2D eigenvalue weighted by atomic mass is 32.1. The predicted octanol–water partition coefficient (Wildman–Crippen LogP) is 3.24. The number of aromatic nitrogens is 2. The first-order valence-corrected chi connectivity index (χ1v) is 8.82. The number of thiophene rings is 1. The van der Waals surface area contributed by atoms with Crippen molar-refractivity contribution >= 4 is 28.2 Å². The molecule has 2 aromatic heterocycles. The summed E-state index contributed by atoms with van der Waals surface area (Å²) in [7, 11) is 1.36. The van der Waals surface area contributed by atoms with Gasteiger partial charge in [-0.3, -0.25) is 9.78 Å². The molecule has 0 fully saturated rings. The lowest BCUT2D eigenvalue weighted by Gasteiger charge is -2.10. The van der Waals surface area contributed by atoms with Crippen molar-refractivity contribution in [3.63, 3.8) is 0 Å². The Morgan fingerprint density at radius 2 is 1.96 bits per heavy atom. The highest BCUT2D eigenvalue weighted by Gasteiger charge is 2.26. The van der Waals surface area contributed by atoms with E-state index in [1.165, 1.54) is 48.3 Å². The first-order chi connectivity index (χ1) is 11.7. The summed E-state index contributed by atoms with van der Waals surface area (Å²) in [5, 5.41) is 3.36. The molecule has 0 radical (unpaired) electrons. The first kappa shape index (κ1) is 16.6. The van der Waals surface area contributed by atoms with Gasteiger partial charge in [-0.2, -0.15) is 0 Å². The van der Waals surface area contributed by atoms with E-state index in [2.05, 4.69) is 15.3 Å². The van der Waals surface area contributed by atoms with Gasteiger partial charge in [-0.1, -0.05) is 12.8 Å². The average Bonchev–Trinajstić information content (AvgIpc) is 2.91. The molecule has 0 atom stereocenters. The molecule has 126 valence electrons. The average molecular weight is 345 g/mol. The van der Waals surface area contributed by atoms with Gasteiger partial charge in [-0.15, -0.1) is 11.3 Å². The van der Waals surface area contributed by atoms with Crippen LogP contribution in [0.5, 0.6) is 0 Å². The van der Waals surface area contributed by atoms with Gasteiger partial charge in [0.1, 0.15) is 10.7 Å². The van der Waals surface area contributed by atoms with Gasteiger partial charge < -0.3 is 10.1 Å². The minimum absolute atomic E-state index is 0.217. The van der Waals surface area contributed by atoms with E-state index >= 15 is 0 Å². The number of nitrogens with one attached hydrogen (secondary N) is 1. The van der Waals surface area contributed by atoms with Crippen LogP contribution in [0.2, 0.25) is 0 Å². The third-order valence-corrected chi connectivity index (χ3v) is 5.29. The Morgan fingerprint density at radius 3 is 2.67 bits per heavy atom. The summed E-state index contributed by atoms with van der Waals surface area (Å²) in [6, 6.07) is 0. The number of rotatable bonds is 3. The third-order valence-electron chi connectivity index (χ3n) is 4.08. The van der Waals surface area contributed by atoms with Crippen LogP contribution in [0.25, 0.3) is 0 Å². The van der Waals surface area contributed by atoms with E-state index in [9.17, 15) is 9.59 Å². The van der Waals surface area contributed by atoms with Gasteiger partial charge in [-0.25, -0.2) is 9.78 Å². The zero-order valence-electron chi connectivity index (χ0n) is 13.5. The fourth-order valence-corrected chi connectivity index (χ4v) is 4.18. The molecule has 0 saturated heterocycles. The molecule has 3 rings (SSSR count). The lowest BCUT2D eigenvalue weighted by Crippen LogP contribution is -2.16. The van der Waals surface area contributed by atoms with Gasteiger partial charge in [0, 0.05) is 17.3 Å². The summed E-state index contributed by atoms with van der Waals surface area (Å²) in [4.78, 5) is 33.7. The molecule has 1 amide bonds. The van der Waals surface area contributed by atoms with E-state index in [0.717, 1.165) is 37.7 Å². The van der Waals surface area contributed by atoms with Gasteiger partial charge in [0.15, 0.2) is 0 Å². The fourth-order valence-electron chi connectivity index (χ4n) is 2.91. The maximum absolute atomic E-state index is 12.4. The van der Waals surface area contributed by atoms with Crippen LogP contribution in [0.3, 0.4) is 0 Å². The Labute approximate surface area is 144 Å². The van der Waals surface area contributed by atoms with Crippen molar-refractivity contribution in [1.29, 1.82) is 0 Å². The molecule has 0 spiro atoms. The quantitative estimate of drug-likeness (QED) is 0.864. The Balaban J connectivity index is 1.95. The first-order valence-electron chi connectivity index (χ1n) is 8.01. The van der Waals surface area contributed by atoms with Crippen LogP contribution in [0.1, 0.15) is 57.0 Å². The van der Waals surface area contributed by atoms with Gasteiger partial charge in [0.25, 0.3) is 5.91 Å². The zero-order valence-corrected chi connectivity index (χ0v) is 14.3. The maximum atomic E-state index is 12.4. The number of esters is 1. The molecule has 0 aromatic carbocycles. The summed E-state index contributed by atoms with van der Waals surface area (Å²) in [6.07, 6.45) is 10.7. The molecule has 2 aromatic rings. The molecule has 24 heavy (non-hydrogen) atoms. The van der Waals surface area contributed by atoms with Crippen LogP contribution in [0.4, 0.5) is 5.00 Å². The number of carbonyl (C=O) groups is 2. The molecule has 2 heterocycles. The van der Waals surface area contributed by atoms with E-state index in [-0.39, 0.29) is 11.6 Å². The highest BCUT2D eigenvalue weighted by molar-refractivity contribution is 7.17. The molecule has 0 bridgehead atoms. The standard InChI is InChI=1S/C17H19N3O3S/c1-23-17(22)14-11-6-4-2-3-5-7-13(11)24-16(14)20-15(21)12-10-18-8-9-19-12/h8-10H,2-7H2,1H3,(H,20,21). The Hall–Kier alpha value is -2.28. The van der Waals surface area contributed by atoms with Crippen LogP contribution in [0, 0.1) is 0 Å². The molecular formula is C17H19N3O3S. The Morgan fingerprint density at radius 1 is 1.17 bits per heavy atom. The number of hydrogen-bond donors (Lipinski definition) is 1. The second kappa shape index (κ2) is 7.53. The number of amides is 1. The number of nitrogens with zero attached hydrogens (tertiary/aromatic N) is 2. The van der Waals surface area contributed by atoms with Gasteiger partial charge in [-0.05, 0) is 31.2 Å². The number of fused-ring (bicyclic) bond motifs is 1. The molecular weight excluding hydrogens is 326 g/mol. The number of ether oxygens (including phenoxy) is 1. The molecule has 1 aliphatic rings. The summed E-state index contributed by atoms with van der Waals surface area (Å²) < 4.78 is 4.95. The van der Waals surface area contributed by atoms with Crippen molar-refractivity contribution in [2.75, 3.05) is 12.4 Å². The zero-order chi connectivity index (χ0) is 16.9. The number of hydrogen-bond acceptors (Lipinski definition) is 6. The summed E-state index contributed by atoms with van der Waals surface area (Å²) in [6.45, 7) is 0. The van der Waals surface area contributed by atoms with E-state index in [1.807, 2.05) is 0 Å². The fraction of sp³-hybridized carbons (Fsp3) is 0.412. The normalized spacial score (nSPS) is 14.2. The van der Waals surface area contributed by atoms with Crippen molar-refractivity contribution in [3.05, 3.63) is 40.3 Å². The van der Waals surface area contributed by atoms with Crippen molar-refractivity contribution < 1.29 is 14.3 Å². The van der Waals surface area contributed by atoms with E-state index in [4.69, 9.17) is 4.74 Å². The highest BCUT2D eigenvalue weighted by Crippen LogP contribution is 2.37. The van der Waals surface area contributed by atoms with Crippen LogP contribution in [-0.2, 0) is 17.6 Å². The van der Waals surface area contributed by atoms with Crippen molar-refractivity contribution in [1.82, 2.24) is 9.97 Å². The predicted molar refractivity (Wildman–Crippen MR) is 91.5 cm³/mol. The van der Waals surface area contributed by atoms with Crippen molar-refractivity contribution in [2.45, 2.75) is 38.5 Å². The second-order valence-corrected chi connectivity index (χ2v) is 6.76. The Kier molecular flexibility index (Phi) is 5.20. The summed E-state index contributed by atoms with van der Waals surface area (Å²) in [5.74, 6) is -0.773. The minimum Gasteiger partial charge on any atom is -0.465 e. The summed E-state index contributed by atoms with van der Waals surface area (Å²) >= 11 is 1.47. The van der Waals surface area contributed by atoms with Gasteiger partial charge >= 0.3 is 5.97 Å². The SMILES string of the molecule is COC(=O)c1c(NC(=O)c2cnccn2)sc2c1CCCCCC2. The minimum atomic E-state index is -0.400. The number of methoxy groups -OCH3 is 1. The van der Waals surface area contributed by atoms with E-state index < -0.39 is 5.97 Å². The third kappa shape index (κ3) is 3.46. The number of anilines is 1. The molecule has 6 nitrogen and oxygen atoms in total. The molecule has 7 heteroatoms. The Bertz CT molecular complexity index is 743. The topological polar surface area (TPSA) is 81.2 Å². The monoisotopic (exact) mass is 345 g/mol. The van der Waals surface area contributed by atoms with Crippen molar-refractivity contribution in [3.8, 4) is 0 Å². The number of aryl methyl sites for hydroxylation is 1. The molecule has 1 N–H and O–H groups in total. The van der Waals surface area contributed by atoms with E-state index in [1.54, 1.807) is 0 Å². The van der Waals surface area contributed by atoms with Gasteiger partial charge in [0.2, 0.25) is 0 Å². The van der Waals surface area contributed by atoms with E-state index in [0.29, 0.717) is 10.6 Å². The van der Waals surface area contributed by atoms with Gasteiger partial charge in [0.05, 0.1) is 18.9 Å². The largest absolute Gasteiger partial charge is 0.465 e. The molecule has 0 aliphatic heterocycles. The second-order valence-electron chi connectivity index (χ2n) is 5.66. The lowest BCUT2D eigenvalue weighted by molar-refractivity contribution is 0.0601. The van der Waals surface area contributed by atoms with Crippen LogP contribution >= 0.6 is 11.3 Å². The maximum Gasteiger partial charge on any atom is 0.341 e. The smallest absolute Gasteiger partial charge is 0.341 e. The van der Waals surface area contributed by atoms with Crippen LogP contribution in [-0.4, -0.2) is 29.0 Å². The summed E-state index contributed by atoms with van der Waals surface area (Å²) in [5.41, 5.74) is 1.74. The number of carbonyl (C=O) groups excluding carboxylic acids is 2. The lowest BCUT2D eigenvalue weighted by atomic mass is 9.96. The molecule has 0 unspecified atom stereocenters. The van der Waals surface area contributed by atoms with Crippen molar-refractivity contribution in [2.24, 2.45) is 0 Å².